The summed E-state index contributed by atoms with van der Waals surface area (Å²) >= 11 is 1.87. The molecule has 2 atom stereocenters. The van der Waals surface area contributed by atoms with Crippen LogP contribution in [0.15, 0.2) is 23.1 Å². The Bertz CT molecular complexity index is 487. The van der Waals surface area contributed by atoms with E-state index in [0.29, 0.717) is 11.2 Å². The molecule has 4 heteroatoms. The number of rotatable bonds is 6. The number of carbonyl (C=O) groups excluding carboxylic acids is 1. The molecule has 20 heavy (non-hydrogen) atoms. The number of carbonyl (C=O) groups is 1. The lowest BCUT2D eigenvalue weighted by Gasteiger charge is -2.15. The number of hydrogen-bond donors (Lipinski definition) is 2. The van der Waals surface area contributed by atoms with Crippen molar-refractivity contribution in [3.63, 3.8) is 0 Å². The van der Waals surface area contributed by atoms with Crippen LogP contribution in [0.1, 0.15) is 45.7 Å². The van der Waals surface area contributed by atoms with E-state index < -0.39 is 0 Å². The van der Waals surface area contributed by atoms with Crippen LogP contribution in [0.25, 0.3) is 0 Å². The van der Waals surface area contributed by atoms with Crippen molar-refractivity contribution in [2.45, 2.75) is 50.3 Å². The van der Waals surface area contributed by atoms with Crippen molar-refractivity contribution in [2.75, 3.05) is 11.9 Å². The highest BCUT2D eigenvalue weighted by Crippen LogP contribution is 2.36. The second kappa shape index (κ2) is 6.64. The summed E-state index contributed by atoms with van der Waals surface area (Å²) in [6.07, 6.45) is 1.03. The van der Waals surface area contributed by atoms with Crippen LogP contribution in [-0.2, 0) is 4.79 Å². The summed E-state index contributed by atoms with van der Waals surface area (Å²) in [5.41, 5.74) is 2.04. The standard InChI is InChI=1S/C16H24N2OS/c1-5-8-17-15-13-7-6-12(20-11(4)10(2)3)9-14(13)18-16(15)19/h6-7,9-11,15,17H,5,8H2,1-4H3,(H,18,19). The van der Waals surface area contributed by atoms with Gasteiger partial charge in [-0.2, -0.15) is 0 Å². The number of thioether (sulfide) groups is 1. The molecule has 0 saturated heterocycles. The van der Waals surface area contributed by atoms with E-state index in [4.69, 9.17) is 0 Å². The van der Waals surface area contributed by atoms with Gasteiger partial charge in [-0.1, -0.05) is 33.8 Å². The normalized spacial score (nSPS) is 19.1. The summed E-state index contributed by atoms with van der Waals surface area (Å²) in [7, 11) is 0. The SMILES string of the molecule is CCCNC1C(=O)Nc2cc(SC(C)C(C)C)ccc21. The van der Waals surface area contributed by atoms with E-state index in [0.717, 1.165) is 24.2 Å². The molecule has 0 saturated carbocycles. The fourth-order valence-electron chi connectivity index (χ4n) is 2.16. The van der Waals surface area contributed by atoms with Crippen LogP contribution < -0.4 is 10.6 Å². The molecule has 1 aromatic rings. The van der Waals surface area contributed by atoms with Gasteiger partial charge in [0.1, 0.15) is 6.04 Å². The lowest BCUT2D eigenvalue weighted by atomic mass is 10.1. The zero-order valence-corrected chi connectivity index (χ0v) is 13.5. The second-order valence-corrected chi connectivity index (χ2v) is 7.14. The van der Waals surface area contributed by atoms with Gasteiger partial charge in [-0.05, 0) is 31.0 Å². The van der Waals surface area contributed by atoms with Gasteiger partial charge in [0.25, 0.3) is 0 Å². The Balaban J connectivity index is 2.13. The van der Waals surface area contributed by atoms with Crippen LogP contribution in [0.3, 0.4) is 0 Å². The first-order valence-corrected chi connectivity index (χ1v) is 8.25. The summed E-state index contributed by atoms with van der Waals surface area (Å²) in [6.45, 7) is 9.67. The molecule has 1 amide bonds. The summed E-state index contributed by atoms with van der Waals surface area (Å²) < 4.78 is 0. The summed E-state index contributed by atoms with van der Waals surface area (Å²) in [6, 6.07) is 6.12. The molecular formula is C16H24N2OS. The molecule has 1 aliphatic rings. The average molecular weight is 292 g/mol. The second-order valence-electron chi connectivity index (χ2n) is 5.69. The van der Waals surface area contributed by atoms with Crippen molar-refractivity contribution in [1.82, 2.24) is 5.32 Å². The molecule has 2 unspecified atom stereocenters. The van der Waals surface area contributed by atoms with E-state index in [1.54, 1.807) is 0 Å². The first-order chi connectivity index (χ1) is 9.52. The van der Waals surface area contributed by atoms with Gasteiger partial charge in [0.2, 0.25) is 5.91 Å². The topological polar surface area (TPSA) is 41.1 Å². The zero-order chi connectivity index (χ0) is 14.7. The highest BCUT2D eigenvalue weighted by Gasteiger charge is 2.30. The van der Waals surface area contributed by atoms with Gasteiger partial charge in [-0.3, -0.25) is 4.79 Å². The lowest BCUT2D eigenvalue weighted by molar-refractivity contribution is -0.117. The number of nitrogens with one attached hydrogen (secondary N) is 2. The highest BCUT2D eigenvalue weighted by molar-refractivity contribution is 8.00. The van der Waals surface area contributed by atoms with Crippen LogP contribution in [0.5, 0.6) is 0 Å². The highest BCUT2D eigenvalue weighted by atomic mass is 32.2. The molecule has 1 aromatic carbocycles. The molecule has 0 fully saturated rings. The predicted octanol–water partition coefficient (Wildman–Crippen LogP) is 3.82. The largest absolute Gasteiger partial charge is 0.324 e. The zero-order valence-electron chi connectivity index (χ0n) is 12.7. The summed E-state index contributed by atoms with van der Waals surface area (Å²) in [4.78, 5) is 13.2. The minimum absolute atomic E-state index is 0.0625. The third kappa shape index (κ3) is 3.36. The quantitative estimate of drug-likeness (QED) is 0.783. The molecule has 1 heterocycles. The Labute approximate surface area is 125 Å². The molecule has 0 bridgehead atoms. The molecule has 1 aliphatic heterocycles. The Morgan fingerprint density at radius 3 is 2.75 bits per heavy atom. The van der Waals surface area contributed by atoms with E-state index >= 15 is 0 Å². The molecule has 0 spiro atoms. The third-order valence-electron chi connectivity index (χ3n) is 3.72. The van der Waals surface area contributed by atoms with Gasteiger partial charge in [-0.15, -0.1) is 11.8 Å². The molecule has 0 aliphatic carbocycles. The minimum atomic E-state index is -0.188. The monoisotopic (exact) mass is 292 g/mol. The number of amides is 1. The van der Waals surface area contributed by atoms with E-state index in [9.17, 15) is 4.79 Å². The smallest absolute Gasteiger partial charge is 0.246 e. The molecule has 0 aromatic heterocycles. The molecule has 110 valence electrons. The van der Waals surface area contributed by atoms with Gasteiger partial charge >= 0.3 is 0 Å². The summed E-state index contributed by atoms with van der Waals surface area (Å²) in [5, 5.41) is 6.85. The van der Waals surface area contributed by atoms with Crippen molar-refractivity contribution >= 4 is 23.4 Å². The number of fused-ring (bicyclic) bond motifs is 1. The maximum absolute atomic E-state index is 12.0. The lowest BCUT2D eigenvalue weighted by Crippen LogP contribution is -2.27. The van der Waals surface area contributed by atoms with Crippen LogP contribution in [0, 0.1) is 5.92 Å². The van der Waals surface area contributed by atoms with Crippen molar-refractivity contribution in [3.05, 3.63) is 23.8 Å². The van der Waals surface area contributed by atoms with Crippen LogP contribution in [0.2, 0.25) is 0 Å². The molecular weight excluding hydrogens is 268 g/mol. The average Bonchev–Trinajstić information content (AvgIpc) is 2.71. The number of benzene rings is 1. The van der Waals surface area contributed by atoms with Crippen LogP contribution in [-0.4, -0.2) is 17.7 Å². The number of anilines is 1. The fourth-order valence-corrected chi connectivity index (χ4v) is 3.19. The van der Waals surface area contributed by atoms with E-state index in [1.165, 1.54) is 4.90 Å². The third-order valence-corrected chi connectivity index (χ3v) is 5.16. The van der Waals surface area contributed by atoms with E-state index in [2.05, 4.69) is 56.5 Å². The molecule has 2 rings (SSSR count). The minimum Gasteiger partial charge on any atom is -0.324 e. The number of hydrogen-bond acceptors (Lipinski definition) is 3. The Morgan fingerprint density at radius 2 is 2.10 bits per heavy atom. The van der Waals surface area contributed by atoms with Gasteiger partial charge < -0.3 is 10.6 Å². The summed E-state index contributed by atoms with van der Waals surface area (Å²) in [5.74, 6) is 0.703. The van der Waals surface area contributed by atoms with Gasteiger partial charge in [0.05, 0.1) is 0 Å². The fraction of sp³-hybridized carbons (Fsp3) is 0.562. The van der Waals surface area contributed by atoms with E-state index in [1.807, 2.05) is 11.8 Å². The molecule has 3 nitrogen and oxygen atoms in total. The Morgan fingerprint density at radius 1 is 1.35 bits per heavy atom. The van der Waals surface area contributed by atoms with E-state index in [-0.39, 0.29) is 11.9 Å². The van der Waals surface area contributed by atoms with Gasteiger partial charge in [0, 0.05) is 21.4 Å². The van der Waals surface area contributed by atoms with Crippen molar-refractivity contribution < 1.29 is 4.79 Å². The Kier molecular flexibility index (Phi) is 5.11. The first-order valence-electron chi connectivity index (χ1n) is 7.37. The Hall–Kier alpha value is -1.00. The van der Waals surface area contributed by atoms with Crippen molar-refractivity contribution in [2.24, 2.45) is 5.92 Å². The molecule has 0 radical (unpaired) electrons. The first kappa shape index (κ1) is 15.4. The van der Waals surface area contributed by atoms with Crippen LogP contribution >= 0.6 is 11.8 Å². The van der Waals surface area contributed by atoms with Gasteiger partial charge in [-0.25, -0.2) is 0 Å². The maximum Gasteiger partial charge on any atom is 0.246 e. The van der Waals surface area contributed by atoms with Crippen molar-refractivity contribution in [3.8, 4) is 0 Å². The predicted molar refractivity (Wildman–Crippen MR) is 86.3 cm³/mol. The van der Waals surface area contributed by atoms with Crippen LogP contribution in [0.4, 0.5) is 5.69 Å². The maximum atomic E-state index is 12.0. The molecule has 2 N–H and O–H groups in total. The van der Waals surface area contributed by atoms with Crippen molar-refractivity contribution in [1.29, 1.82) is 0 Å². The van der Waals surface area contributed by atoms with Gasteiger partial charge in [0.15, 0.2) is 0 Å².